The molecule has 0 saturated heterocycles. The van der Waals surface area contributed by atoms with Crippen LogP contribution in [0.1, 0.15) is 15.9 Å². The third kappa shape index (κ3) is 2.35. The average molecular weight is 322 g/mol. The Labute approximate surface area is 135 Å². The number of ketones is 1. The van der Waals surface area contributed by atoms with Crippen molar-refractivity contribution in [2.75, 3.05) is 0 Å². The van der Waals surface area contributed by atoms with Gasteiger partial charge in [-0.2, -0.15) is 11.3 Å². The Morgan fingerprint density at radius 2 is 2.00 bits per heavy atom. The molecule has 1 N–H and O–H groups in total. The Morgan fingerprint density at radius 1 is 1.13 bits per heavy atom. The van der Waals surface area contributed by atoms with E-state index in [1.54, 1.807) is 35.9 Å². The summed E-state index contributed by atoms with van der Waals surface area (Å²) in [5, 5.41) is 4.71. The van der Waals surface area contributed by atoms with Crippen molar-refractivity contribution < 1.29 is 9.18 Å². The molecule has 4 aromatic rings. The van der Waals surface area contributed by atoms with Crippen LogP contribution in [-0.4, -0.2) is 15.8 Å². The van der Waals surface area contributed by atoms with Gasteiger partial charge in [0.25, 0.3) is 0 Å². The number of hydrogen-bond acceptors (Lipinski definition) is 3. The summed E-state index contributed by atoms with van der Waals surface area (Å²) in [4.78, 5) is 20.0. The van der Waals surface area contributed by atoms with E-state index in [2.05, 4.69) is 9.97 Å². The number of aromatic amines is 1. The lowest BCUT2D eigenvalue weighted by Crippen LogP contribution is -2.03. The van der Waals surface area contributed by atoms with E-state index in [1.165, 1.54) is 12.1 Å². The maximum Gasteiger partial charge on any atom is 0.198 e. The van der Waals surface area contributed by atoms with E-state index in [0.717, 1.165) is 11.1 Å². The number of H-pyrrole nitrogens is 1. The van der Waals surface area contributed by atoms with E-state index in [1.807, 2.05) is 22.9 Å². The number of pyridine rings is 1. The van der Waals surface area contributed by atoms with Crippen LogP contribution in [0.4, 0.5) is 4.39 Å². The summed E-state index contributed by atoms with van der Waals surface area (Å²) in [6, 6.07) is 9.91. The van der Waals surface area contributed by atoms with Crippen LogP contribution in [-0.2, 0) is 0 Å². The molecule has 1 aromatic carbocycles. The van der Waals surface area contributed by atoms with Gasteiger partial charge in [-0.25, -0.2) is 9.37 Å². The van der Waals surface area contributed by atoms with Crippen molar-refractivity contribution in [3.8, 4) is 11.1 Å². The van der Waals surface area contributed by atoms with E-state index in [-0.39, 0.29) is 11.3 Å². The molecule has 0 amide bonds. The van der Waals surface area contributed by atoms with Crippen molar-refractivity contribution in [2.45, 2.75) is 0 Å². The van der Waals surface area contributed by atoms with Crippen LogP contribution in [0.5, 0.6) is 0 Å². The molecule has 3 aromatic heterocycles. The summed E-state index contributed by atoms with van der Waals surface area (Å²) < 4.78 is 13.9. The highest BCUT2D eigenvalue weighted by Gasteiger charge is 2.18. The molecule has 3 heterocycles. The number of nitrogens with zero attached hydrogens (tertiary/aromatic N) is 1. The largest absolute Gasteiger partial charge is 0.345 e. The van der Waals surface area contributed by atoms with Crippen molar-refractivity contribution in [1.29, 1.82) is 0 Å². The Balaban J connectivity index is 1.86. The van der Waals surface area contributed by atoms with E-state index in [0.29, 0.717) is 16.6 Å². The lowest BCUT2D eigenvalue weighted by molar-refractivity contribution is 0.103. The molecule has 0 bridgehead atoms. The number of carbonyl (C=O) groups excluding carboxylic acids is 1. The molecule has 0 aliphatic rings. The quantitative estimate of drug-likeness (QED) is 0.558. The number of aromatic nitrogens is 2. The predicted molar refractivity (Wildman–Crippen MR) is 89.2 cm³/mol. The third-order valence-corrected chi connectivity index (χ3v) is 4.43. The van der Waals surface area contributed by atoms with Gasteiger partial charge in [0.05, 0.1) is 5.56 Å². The van der Waals surface area contributed by atoms with Crippen molar-refractivity contribution in [3.05, 3.63) is 76.5 Å². The fourth-order valence-corrected chi connectivity index (χ4v) is 3.23. The molecular weight excluding hydrogens is 311 g/mol. The second kappa shape index (κ2) is 5.44. The Morgan fingerprint density at radius 3 is 2.78 bits per heavy atom. The Kier molecular flexibility index (Phi) is 3.28. The number of hydrogen-bond donors (Lipinski definition) is 1. The first-order chi connectivity index (χ1) is 11.2. The molecule has 0 aliphatic heterocycles. The minimum atomic E-state index is -0.520. The second-order valence-corrected chi connectivity index (χ2v) is 5.92. The van der Waals surface area contributed by atoms with E-state index >= 15 is 0 Å². The van der Waals surface area contributed by atoms with Gasteiger partial charge in [-0.15, -0.1) is 0 Å². The zero-order valence-electron chi connectivity index (χ0n) is 11.9. The summed E-state index contributed by atoms with van der Waals surface area (Å²) in [6.45, 7) is 0. The number of halogens is 1. The summed E-state index contributed by atoms with van der Waals surface area (Å²) in [7, 11) is 0. The van der Waals surface area contributed by atoms with Crippen LogP contribution in [0.15, 0.2) is 59.6 Å². The van der Waals surface area contributed by atoms with Gasteiger partial charge in [0, 0.05) is 28.9 Å². The highest BCUT2D eigenvalue weighted by atomic mass is 32.1. The molecule has 3 nitrogen and oxygen atoms in total. The Hall–Kier alpha value is -2.79. The van der Waals surface area contributed by atoms with Gasteiger partial charge in [0.1, 0.15) is 11.5 Å². The van der Waals surface area contributed by atoms with Crippen LogP contribution in [0.3, 0.4) is 0 Å². The first kappa shape index (κ1) is 13.8. The summed E-state index contributed by atoms with van der Waals surface area (Å²) >= 11 is 1.60. The molecule has 0 spiro atoms. The molecule has 0 atom stereocenters. The van der Waals surface area contributed by atoms with Crippen LogP contribution in [0, 0.1) is 5.82 Å². The van der Waals surface area contributed by atoms with Gasteiger partial charge in [0.2, 0.25) is 0 Å². The lowest BCUT2D eigenvalue weighted by Gasteiger charge is -2.02. The highest BCUT2D eigenvalue weighted by molar-refractivity contribution is 7.08. The van der Waals surface area contributed by atoms with Crippen molar-refractivity contribution in [1.82, 2.24) is 9.97 Å². The van der Waals surface area contributed by atoms with Crippen molar-refractivity contribution in [2.24, 2.45) is 0 Å². The lowest BCUT2D eigenvalue weighted by atomic mass is 10.0. The van der Waals surface area contributed by atoms with Crippen molar-refractivity contribution >= 4 is 28.2 Å². The number of nitrogens with one attached hydrogen (secondary N) is 1. The minimum Gasteiger partial charge on any atom is -0.345 e. The van der Waals surface area contributed by atoms with Crippen LogP contribution >= 0.6 is 11.3 Å². The number of benzene rings is 1. The highest BCUT2D eigenvalue weighted by Crippen LogP contribution is 2.27. The average Bonchev–Trinajstić information content (AvgIpc) is 3.24. The van der Waals surface area contributed by atoms with Gasteiger partial charge in [-0.05, 0) is 40.6 Å². The predicted octanol–water partition coefficient (Wildman–Crippen LogP) is 4.66. The second-order valence-electron chi connectivity index (χ2n) is 5.14. The van der Waals surface area contributed by atoms with Gasteiger partial charge in [0.15, 0.2) is 5.78 Å². The van der Waals surface area contributed by atoms with Gasteiger partial charge >= 0.3 is 0 Å². The standard InChI is InChI=1S/C18H11FN2OS/c19-16-4-2-1-3-13(16)17(22)15-9-21-18-14(15)7-12(8-20-18)11-5-6-23-10-11/h1-10H,(H,20,21). The fourth-order valence-electron chi connectivity index (χ4n) is 2.57. The van der Waals surface area contributed by atoms with E-state index < -0.39 is 5.82 Å². The molecule has 112 valence electrons. The molecule has 23 heavy (non-hydrogen) atoms. The van der Waals surface area contributed by atoms with Gasteiger partial charge < -0.3 is 4.98 Å². The molecule has 0 unspecified atom stereocenters. The topological polar surface area (TPSA) is 45.8 Å². The normalized spacial score (nSPS) is 11.0. The number of fused-ring (bicyclic) bond motifs is 1. The molecule has 5 heteroatoms. The molecule has 4 rings (SSSR count). The van der Waals surface area contributed by atoms with Gasteiger partial charge in [-0.3, -0.25) is 4.79 Å². The smallest absolute Gasteiger partial charge is 0.198 e. The zero-order valence-corrected chi connectivity index (χ0v) is 12.7. The van der Waals surface area contributed by atoms with Crippen LogP contribution in [0.25, 0.3) is 22.2 Å². The fraction of sp³-hybridized carbons (Fsp3) is 0. The maximum atomic E-state index is 13.9. The number of carbonyl (C=O) groups is 1. The first-order valence-corrected chi connectivity index (χ1v) is 7.97. The van der Waals surface area contributed by atoms with Crippen LogP contribution < -0.4 is 0 Å². The zero-order chi connectivity index (χ0) is 15.8. The monoisotopic (exact) mass is 322 g/mol. The molecular formula is C18H11FN2OS. The summed E-state index contributed by atoms with van der Waals surface area (Å²) in [5.41, 5.74) is 3.09. The third-order valence-electron chi connectivity index (χ3n) is 3.75. The molecule has 0 aliphatic carbocycles. The van der Waals surface area contributed by atoms with E-state index in [4.69, 9.17) is 0 Å². The number of thiophene rings is 1. The molecule has 0 fully saturated rings. The van der Waals surface area contributed by atoms with Crippen molar-refractivity contribution in [3.63, 3.8) is 0 Å². The molecule has 0 radical (unpaired) electrons. The maximum absolute atomic E-state index is 13.9. The first-order valence-electron chi connectivity index (χ1n) is 7.03. The number of rotatable bonds is 3. The summed E-state index contributed by atoms with van der Waals surface area (Å²) in [6.07, 6.45) is 3.35. The molecule has 0 saturated carbocycles. The summed E-state index contributed by atoms with van der Waals surface area (Å²) in [5.74, 6) is -0.868. The van der Waals surface area contributed by atoms with Gasteiger partial charge in [-0.1, -0.05) is 12.1 Å². The minimum absolute atomic E-state index is 0.0642. The van der Waals surface area contributed by atoms with E-state index in [9.17, 15) is 9.18 Å². The Bertz CT molecular complexity index is 1000. The SMILES string of the molecule is O=C(c1ccccc1F)c1c[nH]c2ncc(-c3ccsc3)cc12. The van der Waals surface area contributed by atoms with Crippen LogP contribution in [0.2, 0.25) is 0 Å².